The maximum atomic E-state index is 12.9. The molecule has 9 nitrogen and oxygen atoms in total. The van der Waals surface area contributed by atoms with Crippen molar-refractivity contribution in [3.8, 4) is 0 Å². The van der Waals surface area contributed by atoms with E-state index in [1.165, 1.54) is 5.56 Å². The Bertz CT molecular complexity index is 1200. The number of aromatic amines is 1. The topological polar surface area (TPSA) is 94.1 Å². The van der Waals surface area contributed by atoms with Crippen LogP contribution in [0.5, 0.6) is 0 Å². The molecule has 32 heavy (non-hydrogen) atoms. The quantitative estimate of drug-likeness (QED) is 0.435. The first-order valence-corrected chi connectivity index (χ1v) is 10.7. The third kappa shape index (κ3) is 4.34. The van der Waals surface area contributed by atoms with Crippen molar-refractivity contribution in [2.24, 2.45) is 0 Å². The maximum Gasteiger partial charge on any atom is 0.275 e. The number of hydrogen-bond acceptors (Lipinski definition) is 6. The lowest BCUT2D eigenvalue weighted by molar-refractivity contribution is 0.102. The molecule has 1 aliphatic heterocycles. The highest BCUT2D eigenvalue weighted by molar-refractivity contribution is 6.06. The smallest absolute Gasteiger partial charge is 0.275 e. The molecule has 9 heteroatoms. The van der Waals surface area contributed by atoms with Crippen LogP contribution >= 0.6 is 0 Å². The number of hydrogen-bond donors (Lipinski definition) is 3. The van der Waals surface area contributed by atoms with Gasteiger partial charge in [-0.15, -0.1) is 0 Å². The molecule has 0 bridgehead atoms. The number of aromatic nitrogens is 4. The number of anilines is 2. The van der Waals surface area contributed by atoms with E-state index >= 15 is 0 Å². The summed E-state index contributed by atoms with van der Waals surface area (Å²) in [5, 5.41) is 10.8. The fourth-order valence-corrected chi connectivity index (χ4v) is 3.90. The Balaban J connectivity index is 1.23. The minimum atomic E-state index is -0.258. The average molecular weight is 431 g/mol. The highest BCUT2D eigenvalue weighted by atomic mass is 16.2. The Labute approximate surface area is 186 Å². The number of pyridine rings is 1. The molecule has 0 unspecified atom stereocenters. The summed E-state index contributed by atoms with van der Waals surface area (Å²) in [6, 6.07) is 11.9. The fraction of sp³-hybridized carbons (Fsp3) is 0.261. The first kappa shape index (κ1) is 20.2. The van der Waals surface area contributed by atoms with Gasteiger partial charge < -0.3 is 10.2 Å². The molecule has 4 heterocycles. The lowest BCUT2D eigenvalue weighted by Crippen LogP contribution is -2.43. The van der Waals surface area contributed by atoms with Gasteiger partial charge in [-0.05, 0) is 36.9 Å². The molecule has 1 fully saturated rings. The van der Waals surface area contributed by atoms with Crippen molar-refractivity contribution in [1.29, 1.82) is 0 Å². The number of carbonyl (C=O) groups is 1. The van der Waals surface area contributed by atoms with Crippen molar-refractivity contribution >= 4 is 28.2 Å². The number of likely N-dealkylation sites (N-methyl/N-ethyl adjacent to an activating group) is 1. The zero-order valence-corrected chi connectivity index (χ0v) is 18.0. The highest BCUT2D eigenvalue weighted by Gasteiger charge is 2.16. The second-order valence-corrected chi connectivity index (χ2v) is 8.12. The summed E-state index contributed by atoms with van der Waals surface area (Å²) in [5.74, 6) is -0.258. The predicted molar refractivity (Wildman–Crippen MR) is 125 cm³/mol. The normalized spacial score (nSPS) is 15.2. The molecule has 1 aromatic carbocycles. The van der Waals surface area contributed by atoms with E-state index in [1.54, 1.807) is 18.6 Å². The fourth-order valence-electron chi connectivity index (χ4n) is 3.90. The average Bonchev–Trinajstić information content (AvgIpc) is 3.44. The third-order valence-corrected chi connectivity index (χ3v) is 5.82. The van der Waals surface area contributed by atoms with Crippen LogP contribution in [0.25, 0.3) is 10.9 Å². The van der Waals surface area contributed by atoms with E-state index in [4.69, 9.17) is 0 Å². The van der Waals surface area contributed by atoms with Crippen LogP contribution in [0.1, 0.15) is 16.1 Å². The molecule has 1 amide bonds. The molecule has 3 aromatic heterocycles. The van der Waals surface area contributed by atoms with Crippen molar-refractivity contribution in [1.82, 2.24) is 29.7 Å². The monoisotopic (exact) mass is 430 g/mol. The number of amides is 1. The van der Waals surface area contributed by atoms with Crippen LogP contribution in [0, 0.1) is 0 Å². The lowest BCUT2D eigenvalue weighted by Gasteiger charge is -2.32. The molecule has 0 atom stereocenters. The van der Waals surface area contributed by atoms with E-state index in [-0.39, 0.29) is 5.91 Å². The van der Waals surface area contributed by atoms with Crippen molar-refractivity contribution < 1.29 is 4.79 Å². The number of rotatable bonds is 6. The Morgan fingerprint density at radius 2 is 1.88 bits per heavy atom. The summed E-state index contributed by atoms with van der Waals surface area (Å²) in [6.07, 6.45) is 7.00. The van der Waals surface area contributed by atoms with E-state index < -0.39 is 0 Å². The van der Waals surface area contributed by atoms with Crippen LogP contribution < -0.4 is 10.7 Å². The second kappa shape index (κ2) is 8.81. The summed E-state index contributed by atoms with van der Waals surface area (Å²) < 4.78 is 1.82. The Hall–Kier alpha value is -3.69. The van der Waals surface area contributed by atoms with Crippen LogP contribution in [0.15, 0.2) is 61.2 Å². The summed E-state index contributed by atoms with van der Waals surface area (Å²) in [4.78, 5) is 21.8. The number of nitrogens with zero attached hydrogens (tertiary/aromatic N) is 5. The van der Waals surface area contributed by atoms with Gasteiger partial charge in [-0.25, -0.2) is 0 Å². The van der Waals surface area contributed by atoms with Gasteiger partial charge in [-0.3, -0.25) is 29.9 Å². The first-order valence-electron chi connectivity index (χ1n) is 10.7. The molecule has 3 N–H and O–H groups in total. The van der Waals surface area contributed by atoms with Gasteiger partial charge in [-0.1, -0.05) is 12.1 Å². The van der Waals surface area contributed by atoms with Gasteiger partial charge in [-0.2, -0.15) is 5.10 Å². The SMILES string of the molecule is CN1CCN(Cc2ccc(NC(=O)c3[nH]ncc3Nn3ccc4ccncc43)cc2)CC1. The standard InChI is InChI=1S/C23H26N8O/c1-29-10-12-30(13-11-29)16-17-2-4-19(5-3-17)26-23(32)22-20(14-25-27-22)28-31-9-7-18-6-8-24-15-21(18)31/h2-9,14-15,28H,10-13,16H2,1H3,(H,25,27)(H,26,32). The molecule has 1 aliphatic rings. The van der Waals surface area contributed by atoms with Crippen LogP contribution in [0.2, 0.25) is 0 Å². The number of fused-ring (bicyclic) bond motifs is 1. The molecule has 0 aliphatic carbocycles. The summed E-state index contributed by atoms with van der Waals surface area (Å²) >= 11 is 0. The molecular weight excluding hydrogens is 404 g/mol. The number of nitrogens with one attached hydrogen (secondary N) is 3. The number of H-pyrrole nitrogens is 1. The van der Waals surface area contributed by atoms with Crippen LogP contribution in [0.3, 0.4) is 0 Å². The van der Waals surface area contributed by atoms with E-state index in [2.05, 4.69) is 54.9 Å². The molecular formula is C23H26N8O. The predicted octanol–water partition coefficient (Wildman–Crippen LogP) is 2.63. The second-order valence-electron chi connectivity index (χ2n) is 8.12. The zero-order valence-electron chi connectivity index (χ0n) is 18.0. The van der Waals surface area contributed by atoms with Crippen molar-refractivity contribution in [2.45, 2.75) is 6.54 Å². The molecule has 0 radical (unpaired) electrons. The summed E-state index contributed by atoms with van der Waals surface area (Å²) in [6.45, 7) is 5.29. The van der Waals surface area contributed by atoms with E-state index in [0.717, 1.165) is 49.3 Å². The van der Waals surface area contributed by atoms with Gasteiger partial charge in [0.2, 0.25) is 0 Å². The Morgan fingerprint density at radius 3 is 2.69 bits per heavy atom. The molecule has 164 valence electrons. The van der Waals surface area contributed by atoms with Crippen molar-refractivity contribution in [3.05, 3.63) is 72.4 Å². The number of carbonyl (C=O) groups excluding carboxylic acids is 1. The molecule has 1 saturated heterocycles. The third-order valence-electron chi connectivity index (χ3n) is 5.82. The van der Waals surface area contributed by atoms with E-state index in [0.29, 0.717) is 11.4 Å². The van der Waals surface area contributed by atoms with Gasteiger partial charge in [0.05, 0.1) is 17.9 Å². The van der Waals surface area contributed by atoms with Gasteiger partial charge in [0.15, 0.2) is 0 Å². The number of benzene rings is 1. The first-order chi connectivity index (χ1) is 15.7. The molecule has 0 saturated carbocycles. The zero-order chi connectivity index (χ0) is 21.9. The van der Waals surface area contributed by atoms with Gasteiger partial charge in [0.1, 0.15) is 11.4 Å². The van der Waals surface area contributed by atoms with Crippen LogP contribution in [-0.4, -0.2) is 68.8 Å². The van der Waals surface area contributed by atoms with Gasteiger partial charge in [0, 0.05) is 56.2 Å². The maximum absolute atomic E-state index is 12.9. The molecule has 5 rings (SSSR count). The minimum Gasteiger partial charge on any atom is -0.321 e. The van der Waals surface area contributed by atoms with Crippen LogP contribution in [-0.2, 0) is 6.54 Å². The minimum absolute atomic E-state index is 0.258. The molecule has 0 spiro atoms. The Morgan fingerprint density at radius 1 is 1.06 bits per heavy atom. The summed E-state index contributed by atoms with van der Waals surface area (Å²) in [7, 11) is 2.16. The van der Waals surface area contributed by atoms with Crippen molar-refractivity contribution in [2.75, 3.05) is 44.0 Å². The largest absolute Gasteiger partial charge is 0.321 e. The van der Waals surface area contributed by atoms with Crippen molar-refractivity contribution in [3.63, 3.8) is 0 Å². The highest BCUT2D eigenvalue weighted by Crippen LogP contribution is 2.19. The number of piperazine rings is 1. The Kier molecular flexibility index (Phi) is 5.57. The summed E-state index contributed by atoms with van der Waals surface area (Å²) in [5.41, 5.74) is 7.05. The lowest BCUT2D eigenvalue weighted by atomic mass is 10.1. The van der Waals surface area contributed by atoms with E-state index in [9.17, 15) is 4.79 Å². The van der Waals surface area contributed by atoms with E-state index in [1.807, 2.05) is 35.1 Å². The van der Waals surface area contributed by atoms with Gasteiger partial charge >= 0.3 is 0 Å². The van der Waals surface area contributed by atoms with Crippen LogP contribution in [0.4, 0.5) is 11.4 Å². The molecule has 4 aromatic rings. The van der Waals surface area contributed by atoms with Gasteiger partial charge in [0.25, 0.3) is 5.91 Å².